The fourth-order valence-corrected chi connectivity index (χ4v) is 4.75. The van der Waals surface area contributed by atoms with E-state index in [-0.39, 0.29) is 11.9 Å². The molecule has 2 aliphatic heterocycles. The first-order chi connectivity index (χ1) is 13.0. The molecular formula is C22H25ClN2O2. The lowest BCUT2D eigenvalue weighted by Crippen LogP contribution is -2.60. The van der Waals surface area contributed by atoms with Gasteiger partial charge in [0.2, 0.25) is 0 Å². The molecule has 2 aliphatic rings. The van der Waals surface area contributed by atoms with Crippen molar-refractivity contribution in [2.75, 3.05) is 31.1 Å². The summed E-state index contributed by atoms with van der Waals surface area (Å²) in [4.78, 5) is 17.7. The number of hydrogen-bond donors (Lipinski definition) is 1. The Balaban J connectivity index is 1.84. The average molecular weight is 385 g/mol. The first-order valence-electron chi connectivity index (χ1n) is 9.54. The molecule has 1 saturated heterocycles. The number of fused-ring (bicyclic) bond motifs is 1. The van der Waals surface area contributed by atoms with Crippen LogP contribution in [0.3, 0.4) is 0 Å². The van der Waals surface area contributed by atoms with Crippen molar-refractivity contribution < 1.29 is 9.90 Å². The Morgan fingerprint density at radius 3 is 2.59 bits per heavy atom. The number of aliphatic hydroxyl groups is 1. The molecule has 1 N–H and O–H groups in total. The van der Waals surface area contributed by atoms with Crippen molar-refractivity contribution in [2.24, 2.45) is 0 Å². The summed E-state index contributed by atoms with van der Waals surface area (Å²) in [6, 6.07) is 16.0. The normalized spacial score (nSPS) is 25.4. The Morgan fingerprint density at radius 2 is 1.93 bits per heavy atom. The summed E-state index contributed by atoms with van der Waals surface area (Å²) >= 11 is 6.10. The Kier molecular flexibility index (Phi) is 4.97. The minimum atomic E-state index is -0.757. The van der Waals surface area contributed by atoms with Crippen molar-refractivity contribution in [3.05, 3.63) is 64.7 Å². The van der Waals surface area contributed by atoms with E-state index in [4.69, 9.17) is 11.6 Å². The number of anilines is 1. The van der Waals surface area contributed by atoms with Crippen molar-refractivity contribution in [1.82, 2.24) is 4.90 Å². The van der Waals surface area contributed by atoms with Crippen LogP contribution in [0.5, 0.6) is 0 Å². The average Bonchev–Trinajstić information content (AvgIpc) is 3.07. The summed E-state index contributed by atoms with van der Waals surface area (Å²) in [6.45, 7) is 4.48. The van der Waals surface area contributed by atoms with Crippen molar-refractivity contribution in [2.45, 2.75) is 31.4 Å². The standard InChI is InChI=1S/C22H25ClN2O2/c1-16(26)22(15-24-12-11-20(27)14-24)21-5-3-2-4-17(21)10-13-25(22)19-8-6-18(23)7-9-19/h2-9,20,27H,10-15H2,1H3/t20-,22?/m0/s1. The fraction of sp³-hybridized carbons (Fsp3) is 0.409. The van der Waals surface area contributed by atoms with E-state index in [1.54, 1.807) is 6.92 Å². The van der Waals surface area contributed by atoms with Gasteiger partial charge in [0.05, 0.1) is 6.10 Å². The maximum Gasteiger partial charge on any atom is 0.161 e. The van der Waals surface area contributed by atoms with E-state index in [0.717, 1.165) is 37.2 Å². The highest BCUT2D eigenvalue weighted by molar-refractivity contribution is 6.30. The number of β-amino-alcohol motifs (C(OH)–C–C–N with tert-alkyl or cyclic N) is 1. The van der Waals surface area contributed by atoms with Crippen molar-refractivity contribution in [3.8, 4) is 0 Å². The van der Waals surface area contributed by atoms with Crippen LogP contribution in [0.2, 0.25) is 5.02 Å². The molecule has 2 atom stereocenters. The molecule has 2 aromatic carbocycles. The van der Waals surface area contributed by atoms with Crippen LogP contribution in [0.1, 0.15) is 24.5 Å². The predicted molar refractivity (Wildman–Crippen MR) is 108 cm³/mol. The Bertz CT molecular complexity index is 838. The molecule has 1 fully saturated rings. The summed E-state index contributed by atoms with van der Waals surface area (Å²) < 4.78 is 0. The van der Waals surface area contributed by atoms with E-state index in [0.29, 0.717) is 18.1 Å². The van der Waals surface area contributed by atoms with Crippen LogP contribution in [0, 0.1) is 0 Å². The summed E-state index contributed by atoms with van der Waals surface area (Å²) in [5.74, 6) is 0.131. The van der Waals surface area contributed by atoms with Crippen molar-refractivity contribution in [1.29, 1.82) is 0 Å². The van der Waals surface area contributed by atoms with Gasteiger partial charge in [0.15, 0.2) is 5.78 Å². The van der Waals surface area contributed by atoms with Crippen LogP contribution in [-0.2, 0) is 16.8 Å². The zero-order chi connectivity index (χ0) is 19.0. The van der Waals surface area contributed by atoms with Gasteiger partial charge in [-0.3, -0.25) is 9.69 Å². The summed E-state index contributed by atoms with van der Waals surface area (Å²) in [7, 11) is 0. The molecule has 4 rings (SSSR count). The molecule has 0 spiro atoms. The van der Waals surface area contributed by atoms with E-state index in [1.165, 1.54) is 5.56 Å². The lowest BCUT2D eigenvalue weighted by atomic mass is 9.77. The maximum atomic E-state index is 13.2. The Morgan fingerprint density at radius 1 is 1.19 bits per heavy atom. The number of nitrogens with zero attached hydrogens (tertiary/aromatic N) is 2. The quantitative estimate of drug-likeness (QED) is 0.878. The SMILES string of the molecule is CC(=O)C1(CN2CC[C@H](O)C2)c2ccccc2CCN1c1ccc(Cl)cc1. The molecule has 1 unspecified atom stereocenters. The molecule has 27 heavy (non-hydrogen) atoms. The smallest absolute Gasteiger partial charge is 0.161 e. The lowest BCUT2D eigenvalue weighted by molar-refractivity contribution is -0.123. The van der Waals surface area contributed by atoms with Gasteiger partial charge in [-0.1, -0.05) is 35.9 Å². The van der Waals surface area contributed by atoms with Crippen LogP contribution in [0.25, 0.3) is 0 Å². The van der Waals surface area contributed by atoms with Gasteiger partial charge in [0, 0.05) is 36.9 Å². The molecule has 2 heterocycles. The monoisotopic (exact) mass is 384 g/mol. The van der Waals surface area contributed by atoms with Crippen LogP contribution >= 0.6 is 11.6 Å². The zero-order valence-corrected chi connectivity index (χ0v) is 16.3. The minimum Gasteiger partial charge on any atom is -0.392 e. The van der Waals surface area contributed by atoms with Crippen LogP contribution in [0.15, 0.2) is 48.5 Å². The molecule has 0 amide bonds. The lowest BCUT2D eigenvalue weighted by Gasteiger charge is -2.49. The van der Waals surface area contributed by atoms with Crippen LogP contribution in [-0.4, -0.2) is 48.1 Å². The van der Waals surface area contributed by atoms with E-state index >= 15 is 0 Å². The van der Waals surface area contributed by atoms with Gasteiger partial charge < -0.3 is 10.0 Å². The zero-order valence-electron chi connectivity index (χ0n) is 15.6. The minimum absolute atomic E-state index is 0.131. The number of rotatable bonds is 4. The maximum absolute atomic E-state index is 13.2. The summed E-state index contributed by atoms with van der Waals surface area (Å²) in [5.41, 5.74) is 2.56. The number of ketones is 1. The number of aliphatic hydroxyl groups excluding tert-OH is 1. The number of hydrogen-bond acceptors (Lipinski definition) is 4. The number of Topliss-reactive ketones (excluding diaryl/α,β-unsaturated/α-hetero) is 1. The number of carbonyl (C=O) groups is 1. The Hall–Kier alpha value is -1.88. The molecular weight excluding hydrogens is 360 g/mol. The van der Waals surface area contributed by atoms with E-state index in [9.17, 15) is 9.90 Å². The number of benzene rings is 2. The second kappa shape index (κ2) is 7.27. The third-order valence-corrected chi connectivity index (χ3v) is 6.20. The first-order valence-corrected chi connectivity index (χ1v) is 9.91. The third-order valence-electron chi connectivity index (χ3n) is 5.95. The largest absolute Gasteiger partial charge is 0.392 e. The van der Waals surface area contributed by atoms with Gasteiger partial charge >= 0.3 is 0 Å². The molecule has 142 valence electrons. The molecule has 2 aromatic rings. The molecule has 0 aromatic heterocycles. The molecule has 0 bridgehead atoms. The highest BCUT2D eigenvalue weighted by atomic mass is 35.5. The predicted octanol–water partition coefficient (Wildman–Crippen LogP) is 3.25. The second-order valence-corrected chi connectivity index (χ2v) is 8.07. The number of carbonyl (C=O) groups excluding carboxylic acids is 1. The molecule has 4 nitrogen and oxygen atoms in total. The van der Waals surface area contributed by atoms with E-state index < -0.39 is 5.54 Å². The highest BCUT2D eigenvalue weighted by Gasteiger charge is 2.48. The van der Waals surface area contributed by atoms with Gasteiger partial charge in [-0.15, -0.1) is 0 Å². The third kappa shape index (κ3) is 3.27. The fourth-order valence-electron chi connectivity index (χ4n) is 4.62. The molecule has 0 saturated carbocycles. The summed E-state index contributed by atoms with van der Waals surface area (Å²) in [5, 5.41) is 10.7. The number of likely N-dealkylation sites (tertiary alicyclic amines) is 1. The van der Waals surface area contributed by atoms with Gasteiger partial charge in [0.1, 0.15) is 5.54 Å². The van der Waals surface area contributed by atoms with Crippen LogP contribution in [0.4, 0.5) is 5.69 Å². The van der Waals surface area contributed by atoms with Gasteiger partial charge in [-0.2, -0.15) is 0 Å². The van der Waals surface area contributed by atoms with Crippen molar-refractivity contribution >= 4 is 23.1 Å². The molecule has 0 aliphatic carbocycles. The van der Waals surface area contributed by atoms with Crippen molar-refractivity contribution in [3.63, 3.8) is 0 Å². The number of halogens is 1. The first kappa shape index (κ1) is 18.5. The molecule has 0 radical (unpaired) electrons. The topological polar surface area (TPSA) is 43.8 Å². The van der Waals surface area contributed by atoms with Crippen LogP contribution < -0.4 is 4.90 Å². The van der Waals surface area contributed by atoms with E-state index in [1.807, 2.05) is 36.4 Å². The second-order valence-electron chi connectivity index (χ2n) is 7.63. The highest BCUT2D eigenvalue weighted by Crippen LogP contribution is 2.41. The van der Waals surface area contributed by atoms with Gasteiger partial charge in [0.25, 0.3) is 0 Å². The Labute approximate surface area is 165 Å². The molecule has 5 heteroatoms. The summed E-state index contributed by atoms with van der Waals surface area (Å²) in [6.07, 6.45) is 1.35. The van der Waals surface area contributed by atoms with E-state index in [2.05, 4.69) is 21.9 Å². The van der Waals surface area contributed by atoms with Gasteiger partial charge in [-0.25, -0.2) is 0 Å². The van der Waals surface area contributed by atoms with Gasteiger partial charge in [-0.05, 0) is 55.2 Å².